The molecule has 1 N–H and O–H groups in total. The van der Waals surface area contributed by atoms with Crippen LogP contribution in [0.15, 0.2) is 18.2 Å². The van der Waals surface area contributed by atoms with Crippen LogP contribution in [-0.4, -0.2) is 24.2 Å². The van der Waals surface area contributed by atoms with Crippen LogP contribution >= 0.6 is 22.9 Å². The van der Waals surface area contributed by atoms with Crippen molar-refractivity contribution in [2.24, 2.45) is 0 Å². The number of carboxylic acid groups (broad SMARTS) is 1. The second kappa shape index (κ2) is 4.35. The zero-order chi connectivity index (χ0) is 12.6. The molecule has 0 saturated carbocycles. The highest BCUT2D eigenvalue weighted by Crippen LogP contribution is 2.34. The number of carbonyl (C=O) groups is 2. The minimum absolute atomic E-state index is 0.184. The summed E-state index contributed by atoms with van der Waals surface area (Å²) in [5.41, 5.74) is 0.237. The lowest BCUT2D eigenvalue weighted by Crippen LogP contribution is -2.01. The van der Waals surface area contributed by atoms with Gasteiger partial charge in [0.1, 0.15) is 4.88 Å². The Hall–Kier alpha value is -1.59. The summed E-state index contributed by atoms with van der Waals surface area (Å²) >= 11 is 7.08. The number of carbonyl (C=O) groups excluding carboxylic acids is 1. The van der Waals surface area contributed by atoms with Crippen LogP contribution < -0.4 is 0 Å². The number of benzene rings is 1. The Kier molecular flexibility index (Phi) is 3.04. The molecule has 4 nitrogen and oxygen atoms in total. The molecule has 0 radical (unpaired) electrons. The van der Waals surface area contributed by atoms with Crippen LogP contribution in [0.2, 0.25) is 5.02 Å². The van der Waals surface area contributed by atoms with Crippen LogP contribution in [0, 0.1) is 0 Å². The van der Waals surface area contributed by atoms with Crippen molar-refractivity contribution in [2.45, 2.75) is 0 Å². The summed E-state index contributed by atoms with van der Waals surface area (Å²) in [7, 11) is 1.26. The van der Waals surface area contributed by atoms with Crippen molar-refractivity contribution in [1.82, 2.24) is 0 Å². The van der Waals surface area contributed by atoms with Gasteiger partial charge in [-0.2, -0.15) is 0 Å². The monoisotopic (exact) mass is 270 g/mol. The van der Waals surface area contributed by atoms with Crippen molar-refractivity contribution in [3.63, 3.8) is 0 Å². The molecule has 0 bridgehead atoms. The molecule has 2 rings (SSSR count). The summed E-state index contributed by atoms with van der Waals surface area (Å²) in [6.45, 7) is 0. The predicted molar refractivity (Wildman–Crippen MR) is 65.1 cm³/mol. The lowest BCUT2D eigenvalue weighted by Gasteiger charge is -2.02. The molecule has 6 heteroatoms. The maximum atomic E-state index is 11.4. The highest BCUT2D eigenvalue weighted by molar-refractivity contribution is 7.21. The largest absolute Gasteiger partial charge is 0.477 e. The van der Waals surface area contributed by atoms with Gasteiger partial charge in [-0.15, -0.1) is 11.3 Å². The first-order valence-corrected chi connectivity index (χ1v) is 5.77. The van der Waals surface area contributed by atoms with Crippen molar-refractivity contribution in [1.29, 1.82) is 0 Å². The van der Waals surface area contributed by atoms with Crippen LogP contribution in [0.5, 0.6) is 0 Å². The summed E-state index contributed by atoms with van der Waals surface area (Å²) in [5.74, 6) is -1.55. The van der Waals surface area contributed by atoms with E-state index in [0.29, 0.717) is 10.1 Å². The number of hydrogen-bond donors (Lipinski definition) is 1. The summed E-state index contributed by atoms with van der Waals surface area (Å²) in [6.07, 6.45) is 0. The molecule has 0 aliphatic carbocycles. The summed E-state index contributed by atoms with van der Waals surface area (Å²) in [5, 5.41) is 9.80. The first-order valence-electron chi connectivity index (χ1n) is 4.58. The van der Waals surface area contributed by atoms with Crippen molar-refractivity contribution in [3.8, 4) is 0 Å². The van der Waals surface area contributed by atoms with Gasteiger partial charge in [0.2, 0.25) is 0 Å². The van der Waals surface area contributed by atoms with Crippen molar-refractivity contribution < 1.29 is 19.4 Å². The number of carboxylic acids is 1. The van der Waals surface area contributed by atoms with E-state index in [-0.39, 0.29) is 15.5 Å². The average Bonchev–Trinajstić information content (AvgIpc) is 2.73. The zero-order valence-corrected chi connectivity index (χ0v) is 10.3. The molecule has 0 aliphatic heterocycles. The van der Waals surface area contributed by atoms with Gasteiger partial charge in [-0.3, -0.25) is 0 Å². The lowest BCUT2D eigenvalue weighted by molar-refractivity contribution is 0.0600. The maximum absolute atomic E-state index is 11.4. The Bertz CT molecular complexity index is 617. The molecular formula is C11H7ClO4S. The number of thiophene rings is 1. The number of rotatable bonds is 2. The Labute approximate surface area is 105 Å². The molecule has 1 aromatic heterocycles. The minimum atomic E-state index is -1.01. The third-order valence-electron chi connectivity index (χ3n) is 2.24. The standard InChI is InChI=1S/C11H7ClO4S/c1-16-11(15)6-3-2-5-4-7(10(13)14)17-9(5)8(6)12/h2-4H,1H3,(H,13,14). The molecule has 0 fully saturated rings. The maximum Gasteiger partial charge on any atom is 0.345 e. The molecule has 0 spiro atoms. The minimum Gasteiger partial charge on any atom is -0.477 e. The van der Waals surface area contributed by atoms with Gasteiger partial charge in [-0.1, -0.05) is 17.7 Å². The van der Waals surface area contributed by atoms with Gasteiger partial charge < -0.3 is 9.84 Å². The van der Waals surface area contributed by atoms with E-state index in [9.17, 15) is 9.59 Å². The van der Waals surface area contributed by atoms with Gasteiger partial charge in [0.15, 0.2) is 0 Å². The van der Waals surface area contributed by atoms with E-state index in [1.54, 1.807) is 6.07 Å². The van der Waals surface area contributed by atoms with Crippen LogP contribution in [-0.2, 0) is 4.74 Å². The van der Waals surface area contributed by atoms with E-state index >= 15 is 0 Å². The fourth-order valence-corrected chi connectivity index (χ4v) is 2.74. The molecular weight excluding hydrogens is 264 g/mol. The molecule has 0 saturated heterocycles. The lowest BCUT2D eigenvalue weighted by atomic mass is 10.2. The Morgan fingerprint density at radius 1 is 1.41 bits per heavy atom. The molecule has 0 amide bonds. The van der Waals surface area contributed by atoms with Crippen LogP contribution in [0.3, 0.4) is 0 Å². The van der Waals surface area contributed by atoms with E-state index < -0.39 is 11.9 Å². The normalized spacial score (nSPS) is 10.5. The second-order valence-corrected chi connectivity index (χ2v) is 4.68. The highest BCUT2D eigenvalue weighted by Gasteiger charge is 2.17. The van der Waals surface area contributed by atoms with Gasteiger partial charge in [0.25, 0.3) is 0 Å². The number of ether oxygens (including phenoxy) is 1. The fourth-order valence-electron chi connectivity index (χ4n) is 1.44. The first kappa shape index (κ1) is 11.9. The van der Waals surface area contributed by atoms with Gasteiger partial charge in [-0.05, 0) is 17.5 Å². The molecule has 1 aromatic carbocycles. The van der Waals surface area contributed by atoms with Gasteiger partial charge in [-0.25, -0.2) is 9.59 Å². The van der Waals surface area contributed by atoms with Crippen LogP contribution in [0.4, 0.5) is 0 Å². The van der Waals surface area contributed by atoms with Crippen molar-refractivity contribution in [3.05, 3.63) is 33.7 Å². The Morgan fingerprint density at radius 2 is 2.12 bits per heavy atom. The number of aromatic carboxylic acids is 1. The van der Waals surface area contributed by atoms with E-state index in [2.05, 4.69) is 4.74 Å². The average molecular weight is 271 g/mol. The van der Waals surface area contributed by atoms with E-state index in [4.69, 9.17) is 16.7 Å². The Balaban J connectivity index is 2.67. The van der Waals surface area contributed by atoms with E-state index in [1.165, 1.54) is 19.2 Å². The van der Waals surface area contributed by atoms with Gasteiger partial charge in [0, 0.05) is 0 Å². The SMILES string of the molecule is COC(=O)c1ccc2cc(C(=O)O)sc2c1Cl. The van der Waals surface area contributed by atoms with E-state index in [1.807, 2.05) is 0 Å². The van der Waals surface area contributed by atoms with Crippen molar-refractivity contribution in [2.75, 3.05) is 7.11 Å². The Morgan fingerprint density at radius 3 is 2.71 bits per heavy atom. The van der Waals surface area contributed by atoms with E-state index in [0.717, 1.165) is 11.3 Å². The van der Waals surface area contributed by atoms with Crippen molar-refractivity contribution >= 4 is 45.0 Å². The van der Waals surface area contributed by atoms with Gasteiger partial charge in [0.05, 0.1) is 22.4 Å². The molecule has 0 atom stereocenters. The summed E-state index contributed by atoms with van der Waals surface area (Å²) in [6, 6.07) is 4.69. The number of fused-ring (bicyclic) bond motifs is 1. The molecule has 0 unspecified atom stereocenters. The van der Waals surface area contributed by atoms with Gasteiger partial charge >= 0.3 is 11.9 Å². The quantitative estimate of drug-likeness (QED) is 0.852. The summed E-state index contributed by atoms with van der Waals surface area (Å²) < 4.78 is 5.16. The number of hydrogen-bond acceptors (Lipinski definition) is 4. The second-order valence-electron chi connectivity index (χ2n) is 3.25. The van der Waals surface area contributed by atoms with Crippen LogP contribution in [0.1, 0.15) is 20.0 Å². The molecule has 1 heterocycles. The third kappa shape index (κ3) is 1.99. The summed E-state index contributed by atoms with van der Waals surface area (Å²) in [4.78, 5) is 22.4. The zero-order valence-electron chi connectivity index (χ0n) is 8.69. The molecule has 88 valence electrons. The molecule has 0 aliphatic rings. The smallest absolute Gasteiger partial charge is 0.345 e. The fraction of sp³-hybridized carbons (Fsp3) is 0.0909. The predicted octanol–water partition coefficient (Wildman–Crippen LogP) is 3.04. The first-order chi connectivity index (χ1) is 8.04. The molecule has 2 aromatic rings. The topological polar surface area (TPSA) is 63.6 Å². The molecule has 17 heavy (non-hydrogen) atoms. The van der Waals surface area contributed by atoms with Crippen LogP contribution in [0.25, 0.3) is 10.1 Å². The third-order valence-corrected chi connectivity index (χ3v) is 3.90. The number of halogens is 1. The number of esters is 1. The highest BCUT2D eigenvalue weighted by atomic mass is 35.5. The number of methoxy groups -OCH3 is 1.